The molecule has 1 saturated carbocycles. The molecule has 29 heavy (non-hydrogen) atoms. The Morgan fingerprint density at radius 1 is 1.24 bits per heavy atom. The zero-order valence-electron chi connectivity index (χ0n) is 15.3. The standard InChI is InChI=1S/C21H17BrFN5O/c22-14-7-13(11-24)20(29)16(8-14)17-4-5-19(28-27-17)26-12-21(9-15(23)10-21)18-3-1-2-6-25-18/h1-8,15,29H,9-10,12H2,(H,26,28). The second kappa shape index (κ2) is 7.76. The van der Waals surface area contributed by atoms with Crippen LogP contribution < -0.4 is 5.32 Å². The van der Waals surface area contributed by atoms with Crippen LogP contribution in [0.25, 0.3) is 11.3 Å². The minimum atomic E-state index is -0.818. The molecule has 0 amide bonds. The molecule has 0 saturated heterocycles. The zero-order valence-corrected chi connectivity index (χ0v) is 16.9. The van der Waals surface area contributed by atoms with Crippen LogP contribution in [0.15, 0.2) is 53.1 Å². The Balaban J connectivity index is 1.52. The first-order chi connectivity index (χ1) is 14.0. The average molecular weight is 454 g/mol. The topological polar surface area (TPSA) is 94.7 Å². The lowest BCUT2D eigenvalue weighted by Crippen LogP contribution is -2.48. The van der Waals surface area contributed by atoms with E-state index in [-0.39, 0.29) is 16.7 Å². The zero-order chi connectivity index (χ0) is 20.4. The quantitative estimate of drug-likeness (QED) is 0.595. The number of nitriles is 1. The Bertz CT molecular complexity index is 1060. The Kier molecular flexibility index (Phi) is 5.16. The number of halogens is 2. The number of rotatable bonds is 5. The fourth-order valence-corrected chi connectivity index (χ4v) is 4.08. The molecule has 1 aliphatic rings. The Labute approximate surface area is 175 Å². The van der Waals surface area contributed by atoms with E-state index < -0.39 is 6.17 Å². The number of nitrogens with zero attached hydrogens (tertiary/aromatic N) is 4. The third kappa shape index (κ3) is 3.78. The first-order valence-electron chi connectivity index (χ1n) is 9.07. The number of aromatic hydroxyl groups is 1. The van der Waals surface area contributed by atoms with Crippen LogP contribution in [-0.2, 0) is 5.41 Å². The molecule has 0 unspecified atom stereocenters. The summed E-state index contributed by atoms with van der Waals surface area (Å²) in [6.07, 6.45) is 1.75. The van der Waals surface area contributed by atoms with Crippen molar-refractivity contribution in [1.29, 1.82) is 5.26 Å². The first kappa shape index (κ1) is 19.3. The van der Waals surface area contributed by atoms with Crippen LogP contribution in [0.5, 0.6) is 5.75 Å². The molecule has 0 bridgehead atoms. The maximum atomic E-state index is 13.7. The number of hydrogen-bond donors (Lipinski definition) is 2. The molecule has 0 radical (unpaired) electrons. The number of aromatic nitrogens is 3. The van der Waals surface area contributed by atoms with Gasteiger partial charge in [0.05, 0.1) is 11.3 Å². The van der Waals surface area contributed by atoms with E-state index in [0.717, 1.165) is 5.69 Å². The van der Waals surface area contributed by atoms with E-state index in [0.29, 0.717) is 40.9 Å². The van der Waals surface area contributed by atoms with E-state index >= 15 is 0 Å². The van der Waals surface area contributed by atoms with Crippen LogP contribution >= 0.6 is 15.9 Å². The highest BCUT2D eigenvalue weighted by Crippen LogP contribution is 2.44. The van der Waals surface area contributed by atoms with Crippen LogP contribution in [-0.4, -0.2) is 33.0 Å². The fraction of sp³-hybridized carbons (Fsp3) is 0.238. The first-order valence-corrected chi connectivity index (χ1v) is 9.86. The van der Waals surface area contributed by atoms with E-state index in [1.54, 1.807) is 24.4 Å². The lowest BCUT2D eigenvalue weighted by molar-refractivity contribution is 0.0996. The van der Waals surface area contributed by atoms with Crippen molar-refractivity contribution in [3.63, 3.8) is 0 Å². The second-order valence-corrected chi connectivity index (χ2v) is 8.04. The highest BCUT2D eigenvalue weighted by molar-refractivity contribution is 9.10. The van der Waals surface area contributed by atoms with Crippen LogP contribution in [0.1, 0.15) is 24.1 Å². The number of hydrogen-bond acceptors (Lipinski definition) is 6. The van der Waals surface area contributed by atoms with E-state index in [4.69, 9.17) is 5.26 Å². The second-order valence-electron chi connectivity index (χ2n) is 7.12. The number of benzene rings is 1. The summed E-state index contributed by atoms with van der Waals surface area (Å²) in [6.45, 7) is 0.499. The molecule has 4 rings (SSSR count). The van der Waals surface area contributed by atoms with Crippen molar-refractivity contribution in [3.8, 4) is 23.1 Å². The maximum absolute atomic E-state index is 13.7. The lowest BCUT2D eigenvalue weighted by Gasteiger charge is -2.43. The molecule has 2 aromatic heterocycles. The molecule has 8 heteroatoms. The monoisotopic (exact) mass is 453 g/mol. The summed E-state index contributed by atoms with van der Waals surface area (Å²) < 4.78 is 14.3. The van der Waals surface area contributed by atoms with E-state index in [2.05, 4.69) is 36.4 Å². The van der Waals surface area contributed by atoms with Crippen molar-refractivity contribution in [3.05, 3.63) is 64.4 Å². The Hall–Kier alpha value is -3.05. The van der Waals surface area contributed by atoms with Crippen molar-refractivity contribution in [2.45, 2.75) is 24.4 Å². The molecular formula is C21H17BrFN5O. The third-order valence-electron chi connectivity index (χ3n) is 5.18. The number of pyridine rings is 1. The molecule has 2 N–H and O–H groups in total. The van der Waals surface area contributed by atoms with Gasteiger partial charge < -0.3 is 10.4 Å². The van der Waals surface area contributed by atoms with Gasteiger partial charge in [0.1, 0.15) is 23.8 Å². The van der Waals surface area contributed by atoms with Crippen molar-refractivity contribution in [2.75, 3.05) is 11.9 Å². The molecule has 1 aliphatic carbocycles. The van der Waals surface area contributed by atoms with Gasteiger partial charge in [0.2, 0.25) is 0 Å². The average Bonchev–Trinajstić information content (AvgIpc) is 2.73. The van der Waals surface area contributed by atoms with Crippen LogP contribution in [0.3, 0.4) is 0 Å². The highest BCUT2D eigenvalue weighted by Gasteiger charge is 2.47. The van der Waals surface area contributed by atoms with Crippen molar-refractivity contribution >= 4 is 21.7 Å². The highest BCUT2D eigenvalue weighted by atomic mass is 79.9. The Morgan fingerprint density at radius 2 is 2.07 bits per heavy atom. The predicted octanol–water partition coefficient (Wildman–Crippen LogP) is 4.36. The lowest BCUT2D eigenvalue weighted by atomic mass is 9.65. The molecule has 0 atom stereocenters. The van der Waals surface area contributed by atoms with Crippen molar-refractivity contribution in [2.24, 2.45) is 0 Å². The number of anilines is 1. The minimum Gasteiger partial charge on any atom is -0.506 e. The number of alkyl halides is 1. The van der Waals surface area contributed by atoms with Crippen LogP contribution in [0.2, 0.25) is 0 Å². The molecule has 6 nitrogen and oxygen atoms in total. The fourth-order valence-electron chi connectivity index (χ4n) is 3.62. The van der Waals surface area contributed by atoms with Gasteiger partial charge in [-0.15, -0.1) is 10.2 Å². The SMILES string of the molecule is N#Cc1cc(Br)cc(-c2ccc(NCC3(c4ccccn4)CC(F)C3)nn2)c1O. The number of nitrogens with one attached hydrogen (secondary N) is 1. The van der Waals surface area contributed by atoms with Crippen molar-refractivity contribution < 1.29 is 9.50 Å². The summed E-state index contributed by atoms with van der Waals surface area (Å²) in [5.41, 5.74) is 1.53. The van der Waals surface area contributed by atoms with Gasteiger partial charge in [-0.05, 0) is 49.2 Å². The summed E-state index contributed by atoms with van der Waals surface area (Å²) in [5, 5.41) is 31.0. The molecule has 3 aromatic rings. The van der Waals surface area contributed by atoms with E-state index in [1.807, 2.05) is 24.3 Å². The summed E-state index contributed by atoms with van der Waals surface area (Å²) in [4.78, 5) is 4.41. The summed E-state index contributed by atoms with van der Waals surface area (Å²) >= 11 is 3.33. The normalized spacial score (nSPS) is 20.5. The molecule has 0 spiro atoms. The van der Waals surface area contributed by atoms with Gasteiger partial charge in [-0.2, -0.15) is 5.26 Å². The van der Waals surface area contributed by atoms with Gasteiger partial charge in [-0.1, -0.05) is 22.0 Å². The summed E-state index contributed by atoms with van der Waals surface area (Å²) in [7, 11) is 0. The van der Waals surface area contributed by atoms with Gasteiger partial charge in [-0.3, -0.25) is 4.98 Å². The number of phenolic OH excluding ortho intramolecular Hbond substituents is 1. The van der Waals surface area contributed by atoms with Crippen LogP contribution in [0, 0.1) is 11.3 Å². The van der Waals surface area contributed by atoms with Gasteiger partial charge in [0.25, 0.3) is 0 Å². The molecule has 1 aromatic carbocycles. The molecule has 0 aliphatic heterocycles. The summed E-state index contributed by atoms with van der Waals surface area (Å²) in [5.74, 6) is 0.407. The summed E-state index contributed by atoms with van der Waals surface area (Å²) in [6, 6.07) is 14.3. The third-order valence-corrected chi connectivity index (χ3v) is 5.63. The molecule has 146 valence electrons. The van der Waals surface area contributed by atoms with Gasteiger partial charge in [0, 0.05) is 33.9 Å². The number of phenols is 1. The largest absolute Gasteiger partial charge is 0.506 e. The van der Waals surface area contributed by atoms with E-state index in [1.165, 1.54) is 6.07 Å². The molecule has 2 heterocycles. The smallest absolute Gasteiger partial charge is 0.148 e. The predicted molar refractivity (Wildman–Crippen MR) is 110 cm³/mol. The molecular weight excluding hydrogens is 437 g/mol. The minimum absolute atomic E-state index is 0.136. The van der Waals surface area contributed by atoms with E-state index in [9.17, 15) is 9.50 Å². The maximum Gasteiger partial charge on any atom is 0.148 e. The van der Waals surface area contributed by atoms with Crippen LogP contribution in [0.4, 0.5) is 10.2 Å². The van der Waals surface area contributed by atoms with Gasteiger partial charge in [-0.25, -0.2) is 4.39 Å². The van der Waals surface area contributed by atoms with Gasteiger partial charge >= 0.3 is 0 Å². The van der Waals surface area contributed by atoms with Gasteiger partial charge in [0.15, 0.2) is 0 Å². The van der Waals surface area contributed by atoms with Crippen molar-refractivity contribution in [1.82, 2.24) is 15.2 Å². The molecule has 1 fully saturated rings. The Morgan fingerprint density at radius 3 is 2.69 bits per heavy atom.